The number of hydrogen-bond acceptors (Lipinski definition) is 2. The van der Waals surface area contributed by atoms with Crippen molar-refractivity contribution in [2.24, 2.45) is 0 Å². The Kier molecular flexibility index (Phi) is 6.44. The van der Waals surface area contributed by atoms with Crippen LogP contribution < -0.4 is 5.32 Å². The number of amides is 1. The van der Waals surface area contributed by atoms with Gasteiger partial charge in [0.05, 0.1) is 0 Å². The van der Waals surface area contributed by atoms with Crippen LogP contribution in [-0.2, 0) is 17.9 Å². The van der Waals surface area contributed by atoms with Gasteiger partial charge in [0.2, 0.25) is 5.91 Å². The van der Waals surface area contributed by atoms with Gasteiger partial charge in [-0.15, -0.1) is 0 Å². The Bertz CT molecular complexity index is 601. The number of nitrogens with zero attached hydrogens (tertiary/aromatic N) is 1. The van der Waals surface area contributed by atoms with E-state index in [2.05, 4.69) is 22.3 Å². The van der Waals surface area contributed by atoms with Crippen molar-refractivity contribution in [3.8, 4) is 0 Å². The standard InChI is InChI=1S/C18H21ClN2O/c1-21(14-15-7-3-2-4-8-15)12-11-18(22)20-13-16-9-5-6-10-17(16)19/h2-10H,11-14H2,1H3,(H,20,22). The molecule has 0 radical (unpaired) electrons. The van der Waals surface area contributed by atoms with E-state index < -0.39 is 0 Å². The lowest BCUT2D eigenvalue weighted by Crippen LogP contribution is -2.28. The van der Waals surface area contributed by atoms with Crippen molar-refractivity contribution in [2.75, 3.05) is 13.6 Å². The summed E-state index contributed by atoms with van der Waals surface area (Å²) in [5.74, 6) is 0.0415. The van der Waals surface area contributed by atoms with Gasteiger partial charge in [-0.3, -0.25) is 4.79 Å². The van der Waals surface area contributed by atoms with Crippen molar-refractivity contribution in [2.45, 2.75) is 19.5 Å². The fourth-order valence-corrected chi connectivity index (χ4v) is 2.39. The first-order chi connectivity index (χ1) is 10.6. The largest absolute Gasteiger partial charge is 0.352 e. The third kappa shape index (κ3) is 5.51. The molecule has 0 saturated carbocycles. The molecule has 0 aromatic heterocycles. The molecule has 0 aliphatic heterocycles. The molecule has 0 fully saturated rings. The smallest absolute Gasteiger partial charge is 0.221 e. The summed E-state index contributed by atoms with van der Waals surface area (Å²) in [4.78, 5) is 14.0. The quantitative estimate of drug-likeness (QED) is 0.848. The summed E-state index contributed by atoms with van der Waals surface area (Å²) in [5, 5.41) is 3.59. The Morgan fingerprint density at radius 3 is 2.50 bits per heavy atom. The molecule has 0 aliphatic rings. The first kappa shape index (κ1) is 16.5. The summed E-state index contributed by atoms with van der Waals surface area (Å²) in [6.07, 6.45) is 0.480. The minimum atomic E-state index is 0.0415. The van der Waals surface area contributed by atoms with Crippen molar-refractivity contribution >= 4 is 17.5 Å². The van der Waals surface area contributed by atoms with E-state index >= 15 is 0 Å². The molecule has 0 heterocycles. The molecule has 0 bridgehead atoms. The maximum Gasteiger partial charge on any atom is 0.221 e. The average molecular weight is 317 g/mol. The van der Waals surface area contributed by atoms with Gasteiger partial charge in [0.1, 0.15) is 0 Å². The number of rotatable bonds is 7. The molecule has 0 unspecified atom stereocenters. The number of carbonyl (C=O) groups excluding carboxylic acids is 1. The van der Waals surface area contributed by atoms with E-state index in [0.29, 0.717) is 18.0 Å². The second kappa shape index (κ2) is 8.57. The number of carbonyl (C=O) groups is 1. The number of hydrogen-bond donors (Lipinski definition) is 1. The van der Waals surface area contributed by atoms with Gasteiger partial charge in [-0.2, -0.15) is 0 Å². The van der Waals surface area contributed by atoms with E-state index in [1.807, 2.05) is 49.5 Å². The van der Waals surface area contributed by atoms with E-state index in [-0.39, 0.29) is 5.91 Å². The van der Waals surface area contributed by atoms with Gasteiger partial charge in [0.25, 0.3) is 0 Å². The minimum absolute atomic E-state index is 0.0415. The topological polar surface area (TPSA) is 32.3 Å². The molecule has 116 valence electrons. The van der Waals surface area contributed by atoms with Crippen molar-refractivity contribution in [3.63, 3.8) is 0 Å². The third-order valence-corrected chi connectivity index (χ3v) is 3.82. The highest BCUT2D eigenvalue weighted by atomic mass is 35.5. The molecule has 1 N–H and O–H groups in total. The number of benzene rings is 2. The van der Waals surface area contributed by atoms with Gasteiger partial charge in [-0.05, 0) is 24.2 Å². The SMILES string of the molecule is CN(CCC(=O)NCc1ccccc1Cl)Cc1ccccc1. The lowest BCUT2D eigenvalue weighted by Gasteiger charge is -2.16. The molecule has 2 aromatic carbocycles. The summed E-state index contributed by atoms with van der Waals surface area (Å²) >= 11 is 6.07. The van der Waals surface area contributed by atoms with Crippen molar-refractivity contribution in [1.82, 2.24) is 10.2 Å². The maximum atomic E-state index is 11.9. The molecule has 2 rings (SSSR count). The highest BCUT2D eigenvalue weighted by Gasteiger charge is 2.06. The zero-order valence-electron chi connectivity index (χ0n) is 12.8. The van der Waals surface area contributed by atoms with Crippen LogP contribution in [0.2, 0.25) is 5.02 Å². The van der Waals surface area contributed by atoms with Crippen LogP contribution >= 0.6 is 11.6 Å². The monoisotopic (exact) mass is 316 g/mol. The van der Waals surface area contributed by atoms with Crippen molar-refractivity contribution in [1.29, 1.82) is 0 Å². The zero-order valence-corrected chi connectivity index (χ0v) is 13.5. The lowest BCUT2D eigenvalue weighted by molar-refractivity contribution is -0.121. The Hall–Kier alpha value is -1.84. The van der Waals surface area contributed by atoms with Crippen LogP contribution in [0.5, 0.6) is 0 Å². The van der Waals surface area contributed by atoms with E-state index in [1.54, 1.807) is 0 Å². The summed E-state index contributed by atoms with van der Waals surface area (Å²) in [6, 6.07) is 17.8. The second-order valence-corrected chi connectivity index (χ2v) is 5.75. The zero-order chi connectivity index (χ0) is 15.8. The molecule has 0 spiro atoms. The van der Waals surface area contributed by atoms with Gasteiger partial charge < -0.3 is 10.2 Å². The summed E-state index contributed by atoms with van der Waals surface area (Å²) in [6.45, 7) is 2.04. The van der Waals surface area contributed by atoms with Gasteiger partial charge in [0, 0.05) is 31.1 Å². The maximum absolute atomic E-state index is 11.9. The molecule has 0 aliphatic carbocycles. The molecular weight excluding hydrogens is 296 g/mol. The highest BCUT2D eigenvalue weighted by molar-refractivity contribution is 6.31. The van der Waals surface area contributed by atoms with Crippen molar-refractivity contribution in [3.05, 3.63) is 70.7 Å². The highest BCUT2D eigenvalue weighted by Crippen LogP contribution is 2.14. The fourth-order valence-electron chi connectivity index (χ4n) is 2.19. The predicted molar refractivity (Wildman–Crippen MR) is 90.7 cm³/mol. The Labute approximate surface area is 136 Å². The van der Waals surface area contributed by atoms with Crippen LogP contribution in [0.25, 0.3) is 0 Å². The number of nitrogens with one attached hydrogen (secondary N) is 1. The van der Waals surface area contributed by atoms with Crippen LogP contribution in [0.1, 0.15) is 17.5 Å². The van der Waals surface area contributed by atoms with E-state index in [0.717, 1.165) is 18.7 Å². The van der Waals surface area contributed by atoms with E-state index in [9.17, 15) is 4.79 Å². The summed E-state index contributed by atoms with van der Waals surface area (Å²) in [5.41, 5.74) is 2.19. The Morgan fingerprint density at radius 2 is 1.77 bits per heavy atom. The summed E-state index contributed by atoms with van der Waals surface area (Å²) in [7, 11) is 2.02. The first-order valence-electron chi connectivity index (χ1n) is 7.38. The molecule has 3 nitrogen and oxygen atoms in total. The van der Waals surface area contributed by atoms with E-state index in [1.165, 1.54) is 5.56 Å². The van der Waals surface area contributed by atoms with Crippen molar-refractivity contribution < 1.29 is 4.79 Å². The minimum Gasteiger partial charge on any atom is -0.352 e. The lowest BCUT2D eigenvalue weighted by atomic mass is 10.2. The van der Waals surface area contributed by atoms with Crippen LogP contribution in [0.15, 0.2) is 54.6 Å². The van der Waals surface area contributed by atoms with Crippen LogP contribution in [0.4, 0.5) is 0 Å². The number of halogens is 1. The third-order valence-electron chi connectivity index (χ3n) is 3.45. The first-order valence-corrected chi connectivity index (χ1v) is 7.75. The van der Waals surface area contributed by atoms with Crippen LogP contribution in [0, 0.1) is 0 Å². The molecular formula is C18H21ClN2O. The Morgan fingerprint density at radius 1 is 1.09 bits per heavy atom. The van der Waals surface area contributed by atoms with Crippen LogP contribution in [0.3, 0.4) is 0 Å². The molecule has 4 heteroatoms. The molecule has 0 atom stereocenters. The molecule has 22 heavy (non-hydrogen) atoms. The predicted octanol–water partition coefficient (Wildman–Crippen LogP) is 3.48. The molecule has 0 saturated heterocycles. The normalized spacial score (nSPS) is 10.7. The summed E-state index contributed by atoms with van der Waals surface area (Å²) < 4.78 is 0. The second-order valence-electron chi connectivity index (χ2n) is 5.34. The van der Waals surface area contributed by atoms with Gasteiger partial charge >= 0.3 is 0 Å². The van der Waals surface area contributed by atoms with Crippen LogP contribution in [-0.4, -0.2) is 24.4 Å². The molecule has 2 aromatic rings. The van der Waals surface area contributed by atoms with Gasteiger partial charge in [-0.25, -0.2) is 0 Å². The average Bonchev–Trinajstić information content (AvgIpc) is 2.53. The van der Waals surface area contributed by atoms with E-state index in [4.69, 9.17) is 11.6 Å². The van der Waals surface area contributed by atoms with Gasteiger partial charge in [-0.1, -0.05) is 60.1 Å². The van der Waals surface area contributed by atoms with Gasteiger partial charge in [0.15, 0.2) is 0 Å². The molecule has 1 amide bonds. The Balaban J connectivity index is 1.70. The fraction of sp³-hybridized carbons (Fsp3) is 0.278.